The molecule has 4 aliphatic carbocycles. The van der Waals surface area contributed by atoms with Crippen LogP contribution >= 0.6 is 0 Å². The minimum atomic E-state index is 0.345. The third kappa shape index (κ3) is 1.86. The molecule has 1 aromatic rings. The number of fused-ring (bicyclic) bond motifs is 5. The fourth-order valence-electron chi connectivity index (χ4n) is 7.04. The molecular formula is C22H30N2. The molecule has 24 heavy (non-hydrogen) atoms. The first kappa shape index (κ1) is 15.0. The molecule has 1 heterocycles. The topological polar surface area (TPSA) is 17.8 Å². The Balaban J connectivity index is 1.50. The smallest absolute Gasteiger partial charge is 0.0989 e. The summed E-state index contributed by atoms with van der Waals surface area (Å²) in [6, 6.07) is 0. The molecule has 5 unspecified atom stereocenters. The van der Waals surface area contributed by atoms with Crippen LogP contribution in [0.25, 0.3) is 5.70 Å². The van der Waals surface area contributed by atoms with E-state index in [2.05, 4.69) is 41.7 Å². The Morgan fingerprint density at radius 3 is 2.79 bits per heavy atom. The molecule has 0 bridgehead atoms. The van der Waals surface area contributed by atoms with Gasteiger partial charge < -0.3 is 4.57 Å². The Morgan fingerprint density at radius 2 is 1.96 bits per heavy atom. The van der Waals surface area contributed by atoms with E-state index < -0.39 is 0 Å². The van der Waals surface area contributed by atoms with Gasteiger partial charge in [-0.25, -0.2) is 4.98 Å². The standard InChI is InChI=1S/C22H30N2/c1-21-11-4-3-5-16(21)6-7-17-18-8-9-20(24-14-13-23-15-24)22(18,2)12-10-19(17)21/h6,9,13-15,17-19H,3-5,7-8,10-12H2,1-2H3. The molecule has 2 fully saturated rings. The maximum Gasteiger partial charge on any atom is 0.0989 e. The second-order valence-corrected chi connectivity index (χ2v) is 9.22. The summed E-state index contributed by atoms with van der Waals surface area (Å²) in [6.07, 6.45) is 22.3. The maximum absolute atomic E-state index is 4.29. The van der Waals surface area contributed by atoms with Crippen molar-refractivity contribution in [2.45, 2.75) is 65.2 Å². The van der Waals surface area contributed by atoms with E-state index in [1.807, 2.05) is 18.1 Å². The molecule has 2 saturated carbocycles. The number of nitrogens with zero attached hydrogens (tertiary/aromatic N) is 2. The molecule has 0 N–H and O–H groups in total. The van der Waals surface area contributed by atoms with Gasteiger partial charge >= 0.3 is 0 Å². The van der Waals surface area contributed by atoms with Gasteiger partial charge in [0.15, 0.2) is 0 Å². The summed E-state index contributed by atoms with van der Waals surface area (Å²) in [5.74, 6) is 2.63. The van der Waals surface area contributed by atoms with E-state index in [0.717, 1.165) is 17.8 Å². The van der Waals surface area contributed by atoms with Crippen molar-refractivity contribution in [3.05, 3.63) is 36.4 Å². The van der Waals surface area contributed by atoms with Crippen molar-refractivity contribution in [1.29, 1.82) is 0 Å². The first-order valence-corrected chi connectivity index (χ1v) is 10.0. The van der Waals surface area contributed by atoms with Crippen LogP contribution in [0, 0.1) is 28.6 Å². The third-order valence-electron chi connectivity index (χ3n) is 8.34. The van der Waals surface area contributed by atoms with E-state index in [-0.39, 0.29) is 0 Å². The highest BCUT2D eigenvalue weighted by Crippen LogP contribution is 2.65. The lowest BCUT2D eigenvalue weighted by Crippen LogP contribution is -2.49. The predicted octanol–water partition coefficient (Wildman–Crippen LogP) is 5.69. The summed E-state index contributed by atoms with van der Waals surface area (Å²) in [5.41, 5.74) is 4.20. The Kier molecular flexibility index (Phi) is 3.18. The predicted molar refractivity (Wildman–Crippen MR) is 98.2 cm³/mol. The van der Waals surface area contributed by atoms with Crippen molar-refractivity contribution >= 4 is 5.70 Å². The van der Waals surface area contributed by atoms with Gasteiger partial charge in [0.25, 0.3) is 0 Å². The van der Waals surface area contributed by atoms with Crippen LogP contribution in [0.3, 0.4) is 0 Å². The highest BCUT2D eigenvalue weighted by atomic mass is 15.1. The van der Waals surface area contributed by atoms with Crippen LogP contribution in [-0.4, -0.2) is 9.55 Å². The van der Waals surface area contributed by atoms with Gasteiger partial charge in [-0.3, -0.25) is 0 Å². The highest BCUT2D eigenvalue weighted by Gasteiger charge is 2.56. The molecule has 0 spiro atoms. The lowest BCUT2D eigenvalue weighted by Gasteiger charge is -2.57. The quantitative estimate of drug-likeness (QED) is 0.608. The number of allylic oxidation sites excluding steroid dienone is 4. The molecule has 1 aromatic heterocycles. The molecule has 0 aliphatic heterocycles. The molecule has 0 saturated heterocycles. The molecular weight excluding hydrogens is 292 g/mol. The molecule has 5 rings (SSSR count). The maximum atomic E-state index is 4.29. The van der Waals surface area contributed by atoms with Crippen molar-refractivity contribution in [3.8, 4) is 0 Å². The average molecular weight is 322 g/mol. The summed E-state index contributed by atoms with van der Waals surface area (Å²) in [5, 5.41) is 0. The number of aromatic nitrogens is 2. The Hall–Kier alpha value is -1.31. The Morgan fingerprint density at radius 1 is 1.04 bits per heavy atom. The van der Waals surface area contributed by atoms with Gasteiger partial charge in [-0.2, -0.15) is 0 Å². The van der Waals surface area contributed by atoms with Crippen molar-refractivity contribution in [2.75, 3.05) is 0 Å². The first-order valence-electron chi connectivity index (χ1n) is 10.0. The van der Waals surface area contributed by atoms with Gasteiger partial charge in [0.2, 0.25) is 0 Å². The van der Waals surface area contributed by atoms with Crippen molar-refractivity contribution < 1.29 is 0 Å². The molecule has 128 valence electrons. The molecule has 0 aromatic carbocycles. The number of imidazole rings is 1. The Bertz CT molecular complexity index is 698. The average Bonchev–Trinajstić information content (AvgIpc) is 3.20. The summed E-state index contributed by atoms with van der Waals surface area (Å²) in [7, 11) is 0. The van der Waals surface area contributed by atoms with Gasteiger partial charge in [-0.1, -0.05) is 38.0 Å². The second kappa shape index (κ2) is 5.09. The molecule has 4 aliphatic rings. The van der Waals surface area contributed by atoms with Crippen molar-refractivity contribution in [3.63, 3.8) is 0 Å². The SMILES string of the molecule is CC12CCCCC1=CCC1C2CCC2(C)C(n3ccnc3)=CCC12. The fraction of sp³-hybridized carbons (Fsp3) is 0.682. The molecule has 2 nitrogen and oxygen atoms in total. The Labute approximate surface area is 146 Å². The van der Waals surface area contributed by atoms with E-state index in [4.69, 9.17) is 0 Å². The monoisotopic (exact) mass is 322 g/mol. The minimum absolute atomic E-state index is 0.345. The van der Waals surface area contributed by atoms with Crippen LogP contribution in [0.4, 0.5) is 0 Å². The van der Waals surface area contributed by atoms with Gasteiger partial charge in [0.1, 0.15) is 0 Å². The summed E-state index contributed by atoms with van der Waals surface area (Å²) in [4.78, 5) is 4.29. The first-order chi connectivity index (χ1) is 11.6. The van der Waals surface area contributed by atoms with Crippen LogP contribution in [0.2, 0.25) is 0 Å². The van der Waals surface area contributed by atoms with Gasteiger partial charge in [-0.05, 0) is 68.1 Å². The van der Waals surface area contributed by atoms with E-state index in [9.17, 15) is 0 Å². The minimum Gasteiger partial charge on any atom is -0.310 e. The normalized spacial score (nSPS) is 44.2. The lowest BCUT2D eigenvalue weighted by atomic mass is 9.48. The van der Waals surface area contributed by atoms with E-state index >= 15 is 0 Å². The summed E-state index contributed by atoms with van der Waals surface area (Å²) < 4.78 is 2.28. The van der Waals surface area contributed by atoms with Crippen LogP contribution < -0.4 is 0 Å². The zero-order valence-corrected chi connectivity index (χ0v) is 15.2. The lowest BCUT2D eigenvalue weighted by molar-refractivity contribution is -0.0113. The van der Waals surface area contributed by atoms with E-state index in [1.165, 1.54) is 57.1 Å². The molecule has 0 amide bonds. The fourth-order valence-corrected chi connectivity index (χ4v) is 7.04. The van der Waals surface area contributed by atoms with E-state index in [1.54, 1.807) is 0 Å². The van der Waals surface area contributed by atoms with Crippen LogP contribution in [0.15, 0.2) is 36.4 Å². The van der Waals surface area contributed by atoms with Crippen LogP contribution in [0.5, 0.6) is 0 Å². The van der Waals surface area contributed by atoms with Crippen LogP contribution in [0.1, 0.15) is 65.2 Å². The zero-order chi connectivity index (χ0) is 16.4. The van der Waals surface area contributed by atoms with Crippen LogP contribution in [-0.2, 0) is 0 Å². The number of hydrogen-bond acceptors (Lipinski definition) is 1. The second-order valence-electron chi connectivity index (χ2n) is 9.22. The van der Waals surface area contributed by atoms with Gasteiger partial charge in [-0.15, -0.1) is 0 Å². The zero-order valence-electron chi connectivity index (χ0n) is 15.2. The number of hydrogen-bond donors (Lipinski definition) is 0. The van der Waals surface area contributed by atoms with Gasteiger partial charge in [0, 0.05) is 23.5 Å². The summed E-state index contributed by atoms with van der Waals surface area (Å²) in [6.45, 7) is 5.14. The number of rotatable bonds is 1. The van der Waals surface area contributed by atoms with Gasteiger partial charge in [0.05, 0.1) is 6.33 Å². The molecule has 0 radical (unpaired) electrons. The molecule has 2 heteroatoms. The third-order valence-corrected chi connectivity index (χ3v) is 8.34. The van der Waals surface area contributed by atoms with Crippen molar-refractivity contribution in [2.24, 2.45) is 28.6 Å². The largest absolute Gasteiger partial charge is 0.310 e. The summed E-state index contributed by atoms with van der Waals surface area (Å²) >= 11 is 0. The van der Waals surface area contributed by atoms with Crippen molar-refractivity contribution in [1.82, 2.24) is 9.55 Å². The van der Waals surface area contributed by atoms with E-state index in [0.29, 0.717) is 10.8 Å². The highest BCUT2D eigenvalue weighted by molar-refractivity contribution is 5.56. The molecule has 5 atom stereocenters.